The van der Waals surface area contributed by atoms with E-state index in [-0.39, 0.29) is 60.1 Å². The van der Waals surface area contributed by atoms with Gasteiger partial charge in [-0.05, 0) is 31.6 Å². The van der Waals surface area contributed by atoms with Gasteiger partial charge in [0.05, 0.1) is 12.5 Å². The number of aliphatic hydroxyl groups is 1. The van der Waals surface area contributed by atoms with Gasteiger partial charge in [-0.1, -0.05) is 50.6 Å². The third-order valence-corrected chi connectivity index (χ3v) is 6.53. The fourth-order valence-electron chi connectivity index (χ4n) is 4.61. The van der Waals surface area contributed by atoms with Gasteiger partial charge in [0.15, 0.2) is 5.69 Å². The number of amides is 2. The number of carbonyl (C=O) groups is 4. The summed E-state index contributed by atoms with van der Waals surface area (Å²) in [7, 11) is 0. The van der Waals surface area contributed by atoms with Crippen molar-refractivity contribution in [3.05, 3.63) is 53.4 Å². The third kappa shape index (κ3) is 7.98. The summed E-state index contributed by atoms with van der Waals surface area (Å²) in [4.78, 5) is 56.5. The Morgan fingerprint density at radius 1 is 1.21 bits per heavy atom. The van der Waals surface area contributed by atoms with Crippen LogP contribution in [0.5, 0.6) is 0 Å². The molecule has 0 saturated carbocycles. The normalized spacial score (nSPS) is 27.2. The lowest BCUT2D eigenvalue weighted by atomic mass is 9.90. The Morgan fingerprint density at radius 2 is 1.97 bits per heavy atom. The van der Waals surface area contributed by atoms with Gasteiger partial charge in [-0.15, -0.1) is 0 Å². The zero-order valence-electron chi connectivity index (χ0n) is 22.4. The molecule has 3 heterocycles. The first kappa shape index (κ1) is 29.0. The molecule has 0 aliphatic carbocycles. The fraction of sp³-hybridized carbons (Fsp3) is 0.536. The number of nitrogens with zero attached hydrogens (tertiary/aromatic N) is 2. The lowest BCUT2D eigenvalue weighted by Gasteiger charge is -2.28. The molecular formula is C28H37N3O7. The molecule has 0 spiro atoms. The molecule has 1 aromatic heterocycles. The van der Waals surface area contributed by atoms with E-state index in [9.17, 15) is 24.3 Å². The number of rotatable bonds is 1. The summed E-state index contributed by atoms with van der Waals surface area (Å²) in [6.07, 6.45) is 7.41. The first-order valence-electron chi connectivity index (χ1n) is 13.0. The Kier molecular flexibility index (Phi) is 10.2. The lowest BCUT2D eigenvalue weighted by molar-refractivity contribution is -0.151. The van der Waals surface area contributed by atoms with E-state index >= 15 is 0 Å². The van der Waals surface area contributed by atoms with E-state index in [0.717, 1.165) is 5.57 Å². The number of hydrogen-bond acceptors (Lipinski definition) is 8. The Hall–Kier alpha value is -3.53. The Morgan fingerprint density at radius 3 is 2.71 bits per heavy atom. The first-order chi connectivity index (χ1) is 18.0. The molecule has 0 fully saturated rings. The summed E-state index contributed by atoms with van der Waals surface area (Å²) in [5.74, 6) is -1.59. The van der Waals surface area contributed by atoms with Crippen molar-refractivity contribution in [2.45, 2.75) is 72.0 Å². The highest BCUT2D eigenvalue weighted by Gasteiger charge is 2.34. The van der Waals surface area contributed by atoms with Crippen LogP contribution in [0, 0.1) is 11.8 Å². The molecule has 2 bridgehead atoms. The molecular weight excluding hydrogens is 490 g/mol. The minimum absolute atomic E-state index is 0.00123. The van der Waals surface area contributed by atoms with Gasteiger partial charge < -0.3 is 24.5 Å². The van der Waals surface area contributed by atoms with E-state index < -0.39 is 24.1 Å². The average molecular weight is 528 g/mol. The molecule has 3 atom stereocenters. The molecule has 0 aromatic carbocycles. The van der Waals surface area contributed by atoms with Crippen molar-refractivity contribution in [2.75, 3.05) is 13.1 Å². The van der Waals surface area contributed by atoms with E-state index in [1.165, 1.54) is 11.2 Å². The van der Waals surface area contributed by atoms with Crippen molar-refractivity contribution in [2.24, 2.45) is 11.8 Å². The Labute approximate surface area is 222 Å². The largest absolute Gasteiger partial charge is 0.457 e. The van der Waals surface area contributed by atoms with Crippen LogP contribution >= 0.6 is 0 Å². The van der Waals surface area contributed by atoms with Gasteiger partial charge in [-0.2, -0.15) is 0 Å². The maximum atomic E-state index is 13.1. The molecule has 0 radical (unpaired) electrons. The minimum Gasteiger partial charge on any atom is -0.457 e. The van der Waals surface area contributed by atoms with Gasteiger partial charge in [0.1, 0.15) is 23.8 Å². The van der Waals surface area contributed by atoms with E-state index in [4.69, 9.17) is 9.15 Å². The number of nitrogens with one attached hydrogen (secondary N) is 1. The van der Waals surface area contributed by atoms with Crippen molar-refractivity contribution in [3.63, 3.8) is 0 Å². The summed E-state index contributed by atoms with van der Waals surface area (Å²) >= 11 is 0. The monoisotopic (exact) mass is 527 g/mol. The summed E-state index contributed by atoms with van der Waals surface area (Å²) < 4.78 is 11.2. The average Bonchev–Trinajstić information content (AvgIpc) is 3.52. The van der Waals surface area contributed by atoms with Crippen LogP contribution in [0.4, 0.5) is 0 Å². The van der Waals surface area contributed by atoms with Gasteiger partial charge in [0.2, 0.25) is 11.8 Å². The van der Waals surface area contributed by atoms with Crippen LogP contribution in [0.25, 0.3) is 0 Å². The Bertz CT molecular complexity index is 1130. The number of oxazole rings is 1. The van der Waals surface area contributed by atoms with Crippen LogP contribution in [-0.4, -0.2) is 63.9 Å². The number of Topliss-reactive ketones (excluding diaryl/α,β-unsaturated/α-hetero) is 1. The van der Waals surface area contributed by atoms with E-state index in [0.29, 0.717) is 25.9 Å². The van der Waals surface area contributed by atoms with Gasteiger partial charge in [-0.25, -0.2) is 9.78 Å². The van der Waals surface area contributed by atoms with Gasteiger partial charge in [0.25, 0.3) is 5.91 Å². The standard InChI is InChI=1S/C28H37N3O7/c1-17(2)26-19(4)9-10-24(34)29-11-5-7-18(3)13-20(32)14-21(33)15-25-30-22(16-37-25)27(35)31-12-6-8-23(31)28(36)38-26/h5,7-8,13,16-17,19-20,26,32H,6,9-12,14-15H2,1-4H3,(H,29,34)/b7-5+,18-13+/t19-,20-,26-/m1/s1. The molecule has 10 heteroatoms. The summed E-state index contributed by atoms with van der Waals surface area (Å²) in [5.41, 5.74) is 0.862. The SMILES string of the molecule is CC1=C\[C@@H](O)CC(=O)Cc2nc(co2)C(=O)N2CCC=C2C(=O)O[C@H](C(C)C)[C@H](C)CCC(=O)NC\C=C\1. The predicted molar refractivity (Wildman–Crippen MR) is 139 cm³/mol. The number of ketones is 1. The second kappa shape index (κ2) is 13.3. The van der Waals surface area contributed by atoms with E-state index in [2.05, 4.69) is 10.3 Å². The smallest absolute Gasteiger partial charge is 0.355 e. The number of fused-ring (bicyclic) bond motifs is 3. The number of hydrogen-bond donors (Lipinski definition) is 2. The zero-order valence-corrected chi connectivity index (χ0v) is 22.4. The minimum atomic E-state index is -1.00. The highest BCUT2D eigenvalue weighted by molar-refractivity contribution is 6.00. The van der Waals surface area contributed by atoms with Crippen LogP contribution in [0.2, 0.25) is 0 Å². The second-order valence-corrected chi connectivity index (χ2v) is 10.2. The molecule has 2 amide bonds. The third-order valence-electron chi connectivity index (χ3n) is 6.53. The van der Waals surface area contributed by atoms with Crippen LogP contribution < -0.4 is 5.32 Å². The molecule has 206 valence electrons. The molecule has 0 saturated heterocycles. The van der Waals surface area contributed by atoms with Crippen LogP contribution in [0.3, 0.4) is 0 Å². The molecule has 1 aromatic rings. The molecule has 2 aliphatic rings. The van der Waals surface area contributed by atoms with Crippen LogP contribution in [0.1, 0.15) is 69.8 Å². The zero-order chi connectivity index (χ0) is 27.8. The number of cyclic esters (lactones) is 1. The van der Waals surface area contributed by atoms with Crippen molar-refractivity contribution in [3.8, 4) is 0 Å². The number of allylic oxidation sites excluding steroid dienone is 2. The lowest BCUT2D eigenvalue weighted by Crippen LogP contribution is -2.36. The highest BCUT2D eigenvalue weighted by atomic mass is 16.5. The van der Waals surface area contributed by atoms with E-state index in [1.807, 2.05) is 20.8 Å². The van der Waals surface area contributed by atoms with Crippen molar-refractivity contribution >= 4 is 23.6 Å². The molecule has 2 aliphatic heterocycles. The maximum Gasteiger partial charge on any atom is 0.355 e. The fourth-order valence-corrected chi connectivity index (χ4v) is 4.61. The summed E-state index contributed by atoms with van der Waals surface area (Å²) in [5, 5.41) is 13.1. The molecule has 10 nitrogen and oxygen atoms in total. The van der Waals surface area contributed by atoms with Crippen molar-refractivity contribution in [1.29, 1.82) is 0 Å². The topological polar surface area (TPSA) is 139 Å². The Balaban J connectivity index is 1.83. The van der Waals surface area contributed by atoms with E-state index in [1.54, 1.807) is 31.2 Å². The molecule has 38 heavy (non-hydrogen) atoms. The van der Waals surface area contributed by atoms with Crippen molar-refractivity contribution < 1.29 is 33.4 Å². The second-order valence-electron chi connectivity index (χ2n) is 10.2. The molecule has 2 N–H and O–H groups in total. The summed E-state index contributed by atoms with van der Waals surface area (Å²) in [6, 6.07) is 0. The predicted octanol–water partition coefficient (Wildman–Crippen LogP) is 2.88. The number of aromatic nitrogens is 1. The van der Waals surface area contributed by atoms with Gasteiger partial charge >= 0.3 is 5.97 Å². The number of carbonyl (C=O) groups excluding carboxylic acids is 4. The van der Waals surface area contributed by atoms with Gasteiger partial charge in [0, 0.05) is 25.9 Å². The van der Waals surface area contributed by atoms with Crippen molar-refractivity contribution in [1.82, 2.24) is 15.2 Å². The number of esters is 1. The van der Waals surface area contributed by atoms with Crippen LogP contribution in [0.15, 0.2) is 46.3 Å². The summed E-state index contributed by atoms with van der Waals surface area (Å²) in [6.45, 7) is 8.23. The number of ether oxygens (including phenoxy) is 1. The maximum absolute atomic E-state index is 13.1. The quantitative estimate of drug-likeness (QED) is 0.532. The van der Waals surface area contributed by atoms with Crippen LogP contribution in [-0.2, 0) is 25.5 Å². The van der Waals surface area contributed by atoms with Gasteiger partial charge in [-0.3, -0.25) is 14.4 Å². The molecule has 0 unspecified atom stereocenters. The molecule has 3 rings (SSSR count). The highest BCUT2D eigenvalue weighted by Crippen LogP contribution is 2.26. The number of aliphatic hydroxyl groups excluding tert-OH is 1. The first-order valence-corrected chi connectivity index (χ1v) is 13.0.